The molecule has 0 aliphatic carbocycles. The van der Waals surface area contributed by atoms with E-state index in [9.17, 15) is 8.78 Å². The highest BCUT2D eigenvalue weighted by Crippen LogP contribution is 2.08. The second kappa shape index (κ2) is 6.61. The van der Waals surface area contributed by atoms with Crippen LogP contribution >= 0.6 is 0 Å². The number of nitrogens with one attached hydrogen (secondary N) is 1. The molecule has 108 valence electrons. The standard InChI is InChI=1S/C15H19F2N3/c1-11(2)9-20-10-13(8-19-20)7-18-6-12-3-14(16)5-15(17)4-12/h3-5,8,10-11,18H,6-7,9H2,1-2H3. The zero-order chi connectivity index (χ0) is 14.5. The monoisotopic (exact) mass is 279 g/mol. The highest BCUT2D eigenvalue weighted by atomic mass is 19.1. The number of aromatic nitrogens is 2. The number of hydrogen-bond donors (Lipinski definition) is 1. The van der Waals surface area contributed by atoms with Crippen molar-refractivity contribution in [2.24, 2.45) is 5.92 Å². The van der Waals surface area contributed by atoms with Crippen LogP contribution in [0.4, 0.5) is 8.78 Å². The summed E-state index contributed by atoms with van der Waals surface area (Å²) in [6.45, 7) is 6.20. The van der Waals surface area contributed by atoms with Crippen LogP contribution in [0, 0.1) is 17.6 Å². The fourth-order valence-corrected chi connectivity index (χ4v) is 2.04. The molecule has 0 saturated heterocycles. The van der Waals surface area contributed by atoms with Crippen molar-refractivity contribution in [2.75, 3.05) is 0 Å². The number of benzene rings is 1. The van der Waals surface area contributed by atoms with Gasteiger partial charge in [0.15, 0.2) is 0 Å². The van der Waals surface area contributed by atoms with Crippen LogP contribution in [0.15, 0.2) is 30.6 Å². The summed E-state index contributed by atoms with van der Waals surface area (Å²) in [5.74, 6) is -0.552. The van der Waals surface area contributed by atoms with Gasteiger partial charge in [-0.25, -0.2) is 8.78 Å². The highest BCUT2D eigenvalue weighted by Gasteiger charge is 2.03. The van der Waals surface area contributed by atoms with E-state index in [-0.39, 0.29) is 0 Å². The minimum atomic E-state index is -0.549. The third kappa shape index (κ3) is 4.42. The maximum absolute atomic E-state index is 13.0. The van der Waals surface area contributed by atoms with Crippen LogP contribution in [0.5, 0.6) is 0 Å². The third-order valence-electron chi connectivity index (χ3n) is 2.82. The summed E-state index contributed by atoms with van der Waals surface area (Å²) in [6, 6.07) is 3.54. The molecule has 0 atom stereocenters. The third-order valence-corrected chi connectivity index (χ3v) is 2.82. The molecule has 2 aromatic rings. The Morgan fingerprint density at radius 3 is 2.40 bits per heavy atom. The molecule has 1 aromatic heterocycles. The Balaban J connectivity index is 1.84. The molecule has 5 heteroatoms. The fraction of sp³-hybridized carbons (Fsp3) is 0.400. The van der Waals surface area contributed by atoms with E-state index < -0.39 is 11.6 Å². The first-order valence-electron chi connectivity index (χ1n) is 6.70. The van der Waals surface area contributed by atoms with Crippen LogP contribution in [0.1, 0.15) is 25.0 Å². The van der Waals surface area contributed by atoms with Crippen LogP contribution < -0.4 is 5.32 Å². The summed E-state index contributed by atoms with van der Waals surface area (Å²) >= 11 is 0. The van der Waals surface area contributed by atoms with E-state index in [2.05, 4.69) is 24.3 Å². The Morgan fingerprint density at radius 2 is 1.75 bits per heavy atom. The second-order valence-electron chi connectivity index (χ2n) is 5.35. The molecule has 0 bridgehead atoms. The van der Waals surface area contributed by atoms with E-state index in [0.29, 0.717) is 24.6 Å². The highest BCUT2D eigenvalue weighted by molar-refractivity contribution is 5.17. The maximum atomic E-state index is 13.0. The summed E-state index contributed by atoms with van der Waals surface area (Å²) in [7, 11) is 0. The van der Waals surface area contributed by atoms with Gasteiger partial charge >= 0.3 is 0 Å². The lowest BCUT2D eigenvalue weighted by atomic mass is 10.2. The van der Waals surface area contributed by atoms with Crippen LogP contribution in [0.2, 0.25) is 0 Å². The van der Waals surface area contributed by atoms with Gasteiger partial charge in [-0.1, -0.05) is 13.8 Å². The molecule has 1 aromatic carbocycles. The number of nitrogens with zero attached hydrogens (tertiary/aromatic N) is 2. The molecule has 0 aliphatic heterocycles. The van der Waals surface area contributed by atoms with Crippen molar-refractivity contribution in [1.29, 1.82) is 0 Å². The minimum absolute atomic E-state index is 0.421. The predicted molar refractivity (Wildman–Crippen MR) is 74.0 cm³/mol. The van der Waals surface area contributed by atoms with Crippen LogP contribution in [-0.2, 0) is 19.6 Å². The summed E-state index contributed by atoms with van der Waals surface area (Å²) in [5, 5.41) is 7.42. The van der Waals surface area contributed by atoms with E-state index in [1.54, 1.807) is 0 Å². The van der Waals surface area contributed by atoms with Gasteiger partial charge in [0, 0.05) is 37.5 Å². The number of halogens is 2. The summed E-state index contributed by atoms with van der Waals surface area (Å²) in [4.78, 5) is 0. The zero-order valence-electron chi connectivity index (χ0n) is 11.7. The van der Waals surface area contributed by atoms with Gasteiger partial charge in [0.05, 0.1) is 6.20 Å². The van der Waals surface area contributed by atoms with Gasteiger partial charge in [-0.3, -0.25) is 4.68 Å². The average Bonchev–Trinajstić information content (AvgIpc) is 2.74. The smallest absolute Gasteiger partial charge is 0.126 e. The van der Waals surface area contributed by atoms with Crippen molar-refractivity contribution in [3.8, 4) is 0 Å². The van der Waals surface area contributed by atoms with E-state index in [1.807, 2.05) is 17.1 Å². The van der Waals surface area contributed by atoms with Gasteiger partial charge in [0.2, 0.25) is 0 Å². The zero-order valence-corrected chi connectivity index (χ0v) is 11.7. The quantitative estimate of drug-likeness (QED) is 0.880. The van der Waals surface area contributed by atoms with Crippen molar-refractivity contribution in [3.05, 3.63) is 53.4 Å². The van der Waals surface area contributed by atoms with Crippen molar-refractivity contribution in [3.63, 3.8) is 0 Å². The van der Waals surface area contributed by atoms with Crippen LogP contribution in [-0.4, -0.2) is 9.78 Å². The minimum Gasteiger partial charge on any atom is -0.308 e. The molecule has 1 N–H and O–H groups in total. The predicted octanol–water partition coefficient (Wildman–Crippen LogP) is 3.11. The Hall–Kier alpha value is -1.75. The molecule has 0 amide bonds. The molecule has 20 heavy (non-hydrogen) atoms. The summed E-state index contributed by atoms with van der Waals surface area (Å²) < 4.78 is 28.0. The van der Waals surface area contributed by atoms with Crippen LogP contribution in [0.3, 0.4) is 0 Å². The summed E-state index contributed by atoms with van der Waals surface area (Å²) in [5.41, 5.74) is 1.65. The largest absolute Gasteiger partial charge is 0.308 e. The van der Waals surface area contributed by atoms with Crippen molar-refractivity contribution in [2.45, 2.75) is 33.5 Å². The van der Waals surface area contributed by atoms with Gasteiger partial charge in [0.25, 0.3) is 0 Å². The van der Waals surface area contributed by atoms with Crippen molar-refractivity contribution in [1.82, 2.24) is 15.1 Å². The molecule has 0 unspecified atom stereocenters. The first kappa shape index (κ1) is 14.7. The number of rotatable bonds is 6. The Bertz CT molecular complexity index is 544. The van der Waals surface area contributed by atoms with Gasteiger partial charge in [-0.05, 0) is 23.6 Å². The van der Waals surface area contributed by atoms with Gasteiger partial charge in [-0.15, -0.1) is 0 Å². The first-order valence-corrected chi connectivity index (χ1v) is 6.70. The lowest BCUT2D eigenvalue weighted by Gasteiger charge is -2.05. The van der Waals surface area contributed by atoms with Crippen LogP contribution in [0.25, 0.3) is 0 Å². The number of hydrogen-bond acceptors (Lipinski definition) is 2. The average molecular weight is 279 g/mol. The topological polar surface area (TPSA) is 29.9 Å². The van der Waals surface area contributed by atoms with Gasteiger partial charge < -0.3 is 5.32 Å². The van der Waals surface area contributed by atoms with E-state index in [1.165, 1.54) is 12.1 Å². The molecule has 1 heterocycles. The molecule has 3 nitrogen and oxygen atoms in total. The Kier molecular flexibility index (Phi) is 4.84. The Labute approximate surface area is 117 Å². The molecule has 0 spiro atoms. The fourth-order valence-electron chi connectivity index (χ4n) is 2.04. The molecule has 0 radical (unpaired) electrons. The molecular formula is C15H19F2N3. The maximum Gasteiger partial charge on any atom is 0.126 e. The molecular weight excluding hydrogens is 260 g/mol. The Morgan fingerprint density at radius 1 is 1.10 bits per heavy atom. The molecule has 0 fully saturated rings. The van der Waals surface area contributed by atoms with Gasteiger partial charge in [-0.2, -0.15) is 5.10 Å². The normalized spacial score (nSPS) is 11.2. The SMILES string of the molecule is CC(C)Cn1cc(CNCc2cc(F)cc(F)c2)cn1. The summed E-state index contributed by atoms with van der Waals surface area (Å²) in [6.07, 6.45) is 3.79. The molecule has 0 aliphatic rings. The van der Waals surface area contributed by atoms with Crippen molar-refractivity contribution < 1.29 is 8.78 Å². The van der Waals surface area contributed by atoms with E-state index in [4.69, 9.17) is 0 Å². The second-order valence-corrected chi connectivity index (χ2v) is 5.35. The lowest BCUT2D eigenvalue weighted by Crippen LogP contribution is -2.12. The van der Waals surface area contributed by atoms with E-state index in [0.717, 1.165) is 18.2 Å². The van der Waals surface area contributed by atoms with Gasteiger partial charge in [0.1, 0.15) is 11.6 Å². The van der Waals surface area contributed by atoms with E-state index >= 15 is 0 Å². The first-order chi connectivity index (χ1) is 9.52. The van der Waals surface area contributed by atoms with Crippen molar-refractivity contribution >= 4 is 0 Å². The molecule has 2 rings (SSSR count). The lowest BCUT2D eigenvalue weighted by molar-refractivity contribution is 0.482. The molecule has 0 saturated carbocycles.